The zero-order chi connectivity index (χ0) is 20.9. The van der Waals surface area contributed by atoms with E-state index in [9.17, 15) is 5.11 Å². The largest absolute Gasteiger partial charge is 0.491 e. The maximum absolute atomic E-state index is 10.5. The number of hydrogen-bond acceptors (Lipinski definition) is 5. The number of ether oxygens (including phenoxy) is 3. The summed E-state index contributed by atoms with van der Waals surface area (Å²) in [5.74, 6) is 2.01. The topological polar surface area (TPSA) is 84.3 Å². The molecule has 0 spiro atoms. The van der Waals surface area contributed by atoms with Gasteiger partial charge in [0.1, 0.15) is 5.75 Å². The molecule has 0 bridgehead atoms. The average molecular weight is 535 g/mol. The van der Waals surface area contributed by atoms with Crippen molar-refractivity contribution < 1.29 is 19.3 Å². The van der Waals surface area contributed by atoms with Crippen molar-refractivity contribution in [3.8, 4) is 5.75 Å². The number of guanidine groups is 1. The Morgan fingerprint density at radius 1 is 1.33 bits per heavy atom. The Hall–Kier alpha value is -1.10. The van der Waals surface area contributed by atoms with Crippen molar-refractivity contribution in [2.45, 2.75) is 45.8 Å². The first kappa shape index (κ1) is 26.9. The van der Waals surface area contributed by atoms with Crippen LogP contribution in [0.5, 0.6) is 5.75 Å². The van der Waals surface area contributed by atoms with E-state index in [4.69, 9.17) is 14.2 Å². The molecule has 1 aliphatic heterocycles. The highest BCUT2D eigenvalue weighted by Gasteiger charge is 2.15. The van der Waals surface area contributed by atoms with Crippen molar-refractivity contribution in [1.29, 1.82) is 0 Å². The second-order valence-electron chi connectivity index (χ2n) is 7.56. The third-order valence-corrected chi connectivity index (χ3v) is 4.52. The lowest BCUT2D eigenvalue weighted by Gasteiger charge is -2.15. The van der Waals surface area contributed by atoms with Gasteiger partial charge in [-0.05, 0) is 51.3 Å². The minimum Gasteiger partial charge on any atom is -0.491 e. The molecule has 7 nitrogen and oxygen atoms in total. The van der Waals surface area contributed by atoms with Crippen molar-refractivity contribution in [2.75, 3.05) is 46.1 Å². The molecule has 1 aliphatic rings. The molecule has 1 aromatic rings. The Morgan fingerprint density at radius 3 is 2.87 bits per heavy atom. The van der Waals surface area contributed by atoms with Gasteiger partial charge in [-0.25, -0.2) is 0 Å². The molecule has 2 atom stereocenters. The fraction of sp³-hybridized carbons (Fsp3) is 0.682. The number of aliphatic hydroxyl groups is 1. The number of rotatable bonds is 12. The number of aliphatic imine (C=N–C) groups is 1. The highest BCUT2D eigenvalue weighted by Crippen LogP contribution is 2.20. The Bertz CT molecular complexity index is 610. The molecule has 0 aliphatic carbocycles. The standard InChI is InChI=1S/C22H37N3O4.HI/c1-4-23-22(24-10-6-11-27-15-18-9-12-28-16-18)25-14-21(26)19-7-5-8-20(13-19)29-17(2)3;/h5,7-8,13,17-18,21,26H,4,6,9-12,14-16H2,1-3H3,(H2,23,24,25);1H. The Balaban J connectivity index is 0.00000450. The van der Waals surface area contributed by atoms with Gasteiger partial charge < -0.3 is 30.0 Å². The maximum atomic E-state index is 10.5. The molecular formula is C22H38IN3O4. The van der Waals surface area contributed by atoms with Gasteiger partial charge in [0.2, 0.25) is 0 Å². The van der Waals surface area contributed by atoms with Crippen LogP contribution in [0.4, 0.5) is 0 Å². The minimum atomic E-state index is -0.682. The molecule has 3 N–H and O–H groups in total. The zero-order valence-electron chi connectivity index (χ0n) is 18.4. The number of nitrogens with zero attached hydrogens (tertiary/aromatic N) is 1. The van der Waals surface area contributed by atoms with Crippen LogP contribution in [-0.2, 0) is 9.47 Å². The summed E-state index contributed by atoms with van der Waals surface area (Å²) in [6, 6.07) is 7.54. The monoisotopic (exact) mass is 535 g/mol. The molecule has 1 aromatic carbocycles. The number of aliphatic hydroxyl groups excluding tert-OH is 1. The molecule has 1 saturated heterocycles. The first-order valence-corrected chi connectivity index (χ1v) is 10.7. The Morgan fingerprint density at radius 2 is 2.17 bits per heavy atom. The lowest BCUT2D eigenvalue weighted by atomic mass is 10.1. The third kappa shape index (κ3) is 10.8. The molecular weight excluding hydrogens is 497 g/mol. The average Bonchev–Trinajstić information content (AvgIpc) is 3.21. The van der Waals surface area contributed by atoms with E-state index in [1.165, 1.54) is 0 Å². The van der Waals surface area contributed by atoms with Gasteiger partial charge in [0.05, 0.1) is 32.0 Å². The summed E-state index contributed by atoms with van der Waals surface area (Å²) < 4.78 is 16.8. The van der Waals surface area contributed by atoms with Crippen LogP contribution in [0.1, 0.15) is 45.3 Å². The van der Waals surface area contributed by atoms with E-state index >= 15 is 0 Å². The van der Waals surface area contributed by atoms with E-state index in [0.717, 1.165) is 57.1 Å². The highest BCUT2D eigenvalue weighted by molar-refractivity contribution is 14.0. The normalized spacial score (nSPS) is 17.5. The van der Waals surface area contributed by atoms with E-state index in [-0.39, 0.29) is 36.6 Å². The predicted octanol–water partition coefficient (Wildman–Crippen LogP) is 3.12. The number of halogens is 1. The second kappa shape index (κ2) is 15.7. The summed E-state index contributed by atoms with van der Waals surface area (Å²) in [5.41, 5.74) is 0.798. The Labute approximate surface area is 198 Å². The summed E-state index contributed by atoms with van der Waals surface area (Å²) in [4.78, 5) is 4.51. The van der Waals surface area contributed by atoms with Crippen LogP contribution in [0.25, 0.3) is 0 Å². The lowest BCUT2D eigenvalue weighted by molar-refractivity contribution is 0.0888. The van der Waals surface area contributed by atoms with Crippen LogP contribution in [0, 0.1) is 5.92 Å². The number of nitrogens with one attached hydrogen (secondary N) is 2. The van der Waals surface area contributed by atoms with Crippen molar-refractivity contribution >= 4 is 29.9 Å². The Kier molecular flexibility index (Phi) is 14.1. The van der Waals surface area contributed by atoms with Gasteiger partial charge in [-0.15, -0.1) is 24.0 Å². The summed E-state index contributed by atoms with van der Waals surface area (Å²) in [5, 5.41) is 17.0. The van der Waals surface area contributed by atoms with Crippen molar-refractivity contribution in [3.05, 3.63) is 29.8 Å². The summed E-state index contributed by atoms with van der Waals surface area (Å²) >= 11 is 0. The van der Waals surface area contributed by atoms with Gasteiger partial charge in [0.15, 0.2) is 5.96 Å². The van der Waals surface area contributed by atoms with Crippen LogP contribution in [0.3, 0.4) is 0 Å². The first-order valence-electron chi connectivity index (χ1n) is 10.7. The van der Waals surface area contributed by atoms with Gasteiger partial charge in [-0.2, -0.15) is 0 Å². The molecule has 8 heteroatoms. The fourth-order valence-corrected chi connectivity index (χ4v) is 3.04. The first-order chi connectivity index (χ1) is 14.1. The lowest BCUT2D eigenvalue weighted by Crippen LogP contribution is -2.38. The van der Waals surface area contributed by atoms with Gasteiger partial charge in [-0.1, -0.05) is 12.1 Å². The highest BCUT2D eigenvalue weighted by atomic mass is 127. The molecule has 1 heterocycles. The molecule has 172 valence electrons. The molecule has 1 fully saturated rings. The predicted molar refractivity (Wildman–Crippen MR) is 131 cm³/mol. The second-order valence-corrected chi connectivity index (χ2v) is 7.56. The molecule has 0 saturated carbocycles. The summed E-state index contributed by atoms with van der Waals surface area (Å²) in [7, 11) is 0. The van der Waals surface area contributed by atoms with E-state index in [2.05, 4.69) is 15.6 Å². The van der Waals surface area contributed by atoms with E-state index < -0.39 is 6.10 Å². The fourth-order valence-electron chi connectivity index (χ4n) is 3.04. The van der Waals surface area contributed by atoms with Crippen LogP contribution < -0.4 is 15.4 Å². The smallest absolute Gasteiger partial charge is 0.191 e. The molecule has 0 radical (unpaired) electrons. The van der Waals surface area contributed by atoms with E-state index in [0.29, 0.717) is 18.5 Å². The number of benzene rings is 1. The number of hydrogen-bond donors (Lipinski definition) is 3. The summed E-state index contributed by atoms with van der Waals surface area (Å²) in [6.07, 6.45) is 1.41. The maximum Gasteiger partial charge on any atom is 0.191 e. The van der Waals surface area contributed by atoms with Crippen LogP contribution in [-0.4, -0.2) is 63.2 Å². The third-order valence-electron chi connectivity index (χ3n) is 4.52. The minimum absolute atomic E-state index is 0. The van der Waals surface area contributed by atoms with E-state index in [1.54, 1.807) is 0 Å². The summed E-state index contributed by atoms with van der Waals surface area (Å²) in [6.45, 7) is 11.0. The van der Waals surface area contributed by atoms with Crippen LogP contribution >= 0.6 is 24.0 Å². The van der Waals surface area contributed by atoms with E-state index in [1.807, 2.05) is 45.0 Å². The van der Waals surface area contributed by atoms with Gasteiger partial charge >= 0.3 is 0 Å². The van der Waals surface area contributed by atoms with Crippen LogP contribution in [0.15, 0.2) is 29.3 Å². The van der Waals surface area contributed by atoms with Crippen LogP contribution in [0.2, 0.25) is 0 Å². The SMILES string of the molecule is CCNC(=NCC(O)c1cccc(OC(C)C)c1)NCCCOCC1CCOC1.I. The van der Waals surface area contributed by atoms with Crippen molar-refractivity contribution in [1.82, 2.24) is 10.6 Å². The molecule has 2 unspecified atom stereocenters. The molecule has 2 rings (SSSR count). The van der Waals surface area contributed by atoms with Gasteiger partial charge in [0, 0.05) is 32.2 Å². The molecule has 0 amide bonds. The molecule has 0 aromatic heterocycles. The van der Waals surface area contributed by atoms with Crippen molar-refractivity contribution in [2.24, 2.45) is 10.9 Å². The molecule has 30 heavy (non-hydrogen) atoms. The van der Waals surface area contributed by atoms with Gasteiger partial charge in [0.25, 0.3) is 0 Å². The quantitative estimate of drug-likeness (QED) is 0.165. The van der Waals surface area contributed by atoms with Gasteiger partial charge in [-0.3, -0.25) is 4.99 Å². The van der Waals surface area contributed by atoms with Crippen molar-refractivity contribution in [3.63, 3.8) is 0 Å². The zero-order valence-corrected chi connectivity index (χ0v) is 20.8.